The molecule has 0 unspecified atom stereocenters. The molecule has 2 rings (SSSR count). The highest BCUT2D eigenvalue weighted by molar-refractivity contribution is 5.96. The molecule has 0 atom stereocenters. The first kappa shape index (κ1) is 17.2. The number of hydrogen-bond acceptors (Lipinski definition) is 4. The van der Waals surface area contributed by atoms with Gasteiger partial charge in [0, 0.05) is 38.0 Å². The van der Waals surface area contributed by atoms with Crippen molar-refractivity contribution in [2.75, 3.05) is 24.3 Å². The van der Waals surface area contributed by atoms with Gasteiger partial charge in [-0.05, 0) is 42.0 Å². The lowest BCUT2D eigenvalue weighted by Crippen LogP contribution is -2.17. The molecule has 124 valence electrons. The van der Waals surface area contributed by atoms with Gasteiger partial charge in [0.25, 0.3) is 5.91 Å². The predicted octanol–water partition coefficient (Wildman–Crippen LogP) is 2.47. The van der Waals surface area contributed by atoms with Crippen molar-refractivity contribution in [2.24, 2.45) is 5.10 Å². The second-order valence-corrected chi connectivity index (χ2v) is 5.44. The molecule has 0 aliphatic rings. The van der Waals surface area contributed by atoms with E-state index < -0.39 is 0 Å². The minimum atomic E-state index is -0.314. The van der Waals surface area contributed by atoms with Crippen molar-refractivity contribution >= 4 is 29.4 Å². The van der Waals surface area contributed by atoms with Gasteiger partial charge < -0.3 is 10.2 Å². The van der Waals surface area contributed by atoms with Crippen molar-refractivity contribution in [1.82, 2.24) is 5.43 Å². The van der Waals surface area contributed by atoms with E-state index in [1.54, 1.807) is 30.5 Å². The zero-order valence-corrected chi connectivity index (χ0v) is 13.9. The lowest BCUT2D eigenvalue weighted by molar-refractivity contribution is -0.114. The minimum absolute atomic E-state index is 0.155. The second kappa shape index (κ2) is 7.92. The van der Waals surface area contributed by atoms with Gasteiger partial charge in [-0.15, -0.1) is 0 Å². The normalized spacial score (nSPS) is 10.5. The predicted molar refractivity (Wildman–Crippen MR) is 96.6 cm³/mol. The molecule has 24 heavy (non-hydrogen) atoms. The Bertz CT molecular complexity index is 735. The highest BCUT2D eigenvalue weighted by atomic mass is 16.2. The van der Waals surface area contributed by atoms with Crippen molar-refractivity contribution < 1.29 is 9.59 Å². The summed E-state index contributed by atoms with van der Waals surface area (Å²) < 4.78 is 0. The molecule has 6 nitrogen and oxygen atoms in total. The van der Waals surface area contributed by atoms with Crippen LogP contribution in [0.25, 0.3) is 0 Å². The third-order valence-electron chi connectivity index (χ3n) is 3.26. The average molecular weight is 324 g/mol. The van der Waals surface area contributed by atoms with Crippen LogP contribution in [-0.4, -0.2) is 32.1 Å². The van der Waals surface area contributed by atoms with Crippen LogP contribution in [0.4, 0.5) is 11.4 Å². The number of carbonyl (C=O) groups is 2. The maximum Gasteiger partial charge on any atom is 0.271 e. The first-order valence-electron chi connectivity index (χ1n) is 7.44. The van der Waals surface area contributed by atoms with E-state index in [4.69, 9.17) is 0 Å². The van der Waals surface area contributed by atoms with Crippen LogP contribution in [0.1, 0.15) is 22.8 Å². The van der Waals surface area contributed by atoms with E-state index in [9.17, 15) is 9.59 Å². The molecule has 2 amide bonds. The molecule has 0 heterocycles. The van der Waals surface area contributed by atoms with E-state index in [0.717, 1.165) is 11.3 Å². The van der Waals surface area contributed by atoms with E-state index in [-0.39, 0.29) is 11.8 Å². The fraction of sp³-hybridized carbons (Fsp3) is 0.167. The fourth-order valence-electron chi connectivity index (χ4n) is 2.00. The Morgan fingerprint density at radius 1 is 1.00 bits per heavy atom. The summed E-state index contributed by atoms with van der Waals surface area (Å²) in [5.74, 6) is -0.470. The van der Waals surface area contributed by atoms with Crippen LogP contribution in [0.15, 0.2) is 53.6 Å². The monoisotopic (exact) mass is 324 g/mol. The van der Waals surface area contributed by atoms with E-state index in [1.807, 2.05) is 43.3 Å². The summed E-state index contributed by atoms with van der Waals surface area (Å²) in [6.07, 6.45) is 1.59. The number of benzene rings is 2. The van der Waals surface area contributed by atoms with E-state index in [1.165, 1.54) is 6.92 Å². The maximum atomic E-state index is 12.0. The third-order valence-corrected chi connectivity index (χ3v) is 3.26. The second-order valence-electron chi connectivity index (χ2n) is 5.44. The summed E-state index contributed by atoms with van der Waals surface area (Å²) in [5.41, 5.74) is 5.57. The summed E-state index contributed by atoms with van der Waals surface area (Å²) in [7, 11) is 3.95. The van der Waals surface area contributed by atoms with E-state index in [0.29, 0.717) is 11.3 Å². The van der Waals surface area contributed by atoms with Gasteiger partial charge in [0.2, 0.25) is 5.91 Å². The first-order chi connectivity index (χ1) is 11.5. The molecule has 0 bridgehead atoms. The molecule has 2 aromatic rings. The molecular formula is C18H20N4O2. The largest absolute Gasteiger partial charge is 0.378 e. The quantitative estimate of drug-likeness (QED) is 0.655. The molecular weight excluding hydrogens is 304 g/mol. The van der Waals surface area contributed by atoms with Crippen molar-refractivity contribution in [1.29, 1.82) is 0 Å². The summed E-state index contributed by atoms with van der Waals surface area (Å²) in [5, 5.41) is 6.60. The maximum absolute atomic E-state index is 12.0. The van der Waals surface area contributed by atoms with Crippen LogP contribution in [0.3, 0.4) is 0 Å². The Kier molecular flexibility index (Phi) is 5.68. The number of rotatable bonds is 5. The van der Waals surface area contributed by atoms with Crippen LogP contribution in [0, 0.1) is 0 Å². The van der Waals surface area contributed by atoms with Crippen molar-refractivity contribution in [2.45, 2.75) is 6.92 Å². The Morgan fingerprint density at radius 3 is 2.17 bits per heavy atom. The van der Waals surface area contributed by atoms with Gasteiger partial charge in [0.05, 0.1) is 6.21 Å². The Morgan fingerprint density at radius 2 is 1.62 bits per heavy atom. The molecule has 0 fully saturated rings. The highest BCUT2D eigenvalue weighted by Gasteiger charge is 2.04. The minimum Gasteiger partial charge on any atom is -0.378 e. The summed E-state index contributed by atoms with van der Waals surface area (Å²) in [6, 6.07) is 14.4. The number of hydrogen-bond donors (Lipinski definition) is 2. The number of hydrazone groups is 1. The molecule has 0 spiro atoms. The topological polar surface area (TPSA) is 73.8 Å². The van der Waals surface area contributed by atoms with Gasteiger partial charge in [0.15, 0.2) is 0 Å². The van der Waals surface area contributed by atoms with Crippen molar-refractivity contribution in [3.63, 3.8) is 0 Å². The summed E-state index contributed by atoms with van der Waals surface area (Å²) >= 11 is 0. The third kappa shape index (κ3) is 4.95. The average Bonchev–Trinajstić information content (AvgIpc) is 2.55. The molecule has 2 N–H and O–H groups in total. The number of carbonyl (C=O) groups excluding carboxylic acids is 2. The Balaban J connectivity index is 1.93. The number of nitrogens with one attached hydrogen (secondary N) is 2. The molecule has 0 aliphatic heterocycles. The number of anilines is 2. The molecule has 6 heteroatoms. The zero-order chi connectivity index (χ0) is 17.5. The van der Waals surface area contributed by atoms with E-state index in [2.05, 4.69) is 15.8 Å². The van der Waals surface area contributed by atoms with Gasteiger partial charge in [-0.2, -0.15) is 5.10 Å². The van der Waals surface area contributed by atoms with Crippen LogP contribution < -0.4 is 15.6 Å². The number of amides is 2. The lowest BCUT2D eigenvalue weighted by Gasteiger charge is -2.11. The molecule has 2 aromatic carbocycles. The smallest absolute Gasteiger partial charge is 0.271 e. The molecule has 0 radical (unpaired) electrons. The van der Waals surface area contributed by atoms with Crippen LogP contribution in [0.5, 0.6) is 0 Å². The molecule has 0 aliphatic carbocycles. The standard InChI is InChI=1S/C18H20N4O2/c1-13(23)20-16-8-6-15(7-9-16)18(24)21-19-12-14-4-10-17(11-5-14)22(2)3/h4-12H,1-3H3,(H,20,23)(H,21,24). The SMILES string of the molecule is CC(=O)Nc1ccc(C(=O)NN=Cc2ccc(N(C)C)cc2)cc1. The van der Waals surface area contributed by atoms with Crippen LogP contribution >= 0.6 is 0 Å². The zero-order valence-electron chi connectivity index (χ0n) is 13.9. The number of nitrogens with zero attached hydrogens (tertiary/aromatic N) is 2. The van der Waals surface area contributed by atoms with Crippen molar-refractivity contribution in [3.05, 3.63) is 59.7 Å². The lowest BCUT2D eigenvalue weighted by atomic mass is 10.2. The van der Waals surface area contributed by atoms with Crippen molar-refractivity contribution in [3.8, 4) is 0 Å². The molecule has 0 saturated heterocycles. The van der Waals surface area contributed by atoms with Gasteiger partial charge in [-0.3, -0.25) is 9.59 Å². The summed E-state index contributed by atoms with van der Waals surface area (Å²) in [6.45, 7) is 1.43. The van der Waals surface area contributed by atoms with Crippen LogP contribution in [0.2, 0.25) is 0 Å². The molecule has 0 saturated carbocycles. The highest BCUT2D eigenvalue weighted by Crippen LogP contribution is 2.11. The fourth-order valence-corrected chi connectivity index (χ4v) is 2.00. The first-order valence-corrected chi connectivity index (χ1v) is 7.44. The van der Waals surface area contributed by atoms with Gasteiger partial charge in [-0.25, -0.2) is 5.43 Å². The van der Waals surface area contributed by atoms with Gasteiger partial charge >= 0.3 is 0 Å². The Hall–Kier alpha value is -3.15. The van der Waals surface area contributed by atoms with Gasteiger partial charge in [0.1, 0.15) is 0 Å². The van der Waals surface area contributed by atoms with E-state index >= 15 is 0 Å². The summed E-state index contributed by atoms with van der Waals surface area (Å²) in [4.78, 5) is 25.0. The molecule has 0 aromatic heterocycles. The Labute approximate surface area is 141 Å². The van der Waals surface area contributed by atoms with Crippen LogP contribution in [-0.2, 0) is 4.79 Å². The van der Waals surface area contributed by atoms with Gasteiger partial charge in [-0.1, -0.05) is 12.1 Å².